The molecule has 0 aromatic carbocycles. The molecule has 0 aliphatic carbocycles. The predicted octanol–water partition coefficient (Wildman–Crippen LogP) is 0.472. The molecule has 18 heavy (non-hydrogen) atoms. The minimum Gasteiger partial charge on any atom is -0.480 e. The lowest BCUT2D eigenvalue weighted by molar-refractivity contribution is -0.139. The zero-order valence-corrected chi connectivity index (χ0v) is 10.6. The maximum atomic E-state index is 11.8. The molecule has 0 fully saturated rings. The summed E-state index contributed by atoms with van der Waals surface area (Å²) >= 11 is 0. The smallest absolute Gasteiger partial charge is 0.402 e. The molecule has 3 N–H and O–H groups in total. The van der Waals surface area contributed by atoms with Crippen molar-refractivity contribution in [1.82, 2.24) is 9.44 Å². The van der Waals surface area contributed by atoms with Gasteiger partial charge in [-0.3, -0.25) is 4.79 Å². The lowest BCUT2D eigenvalue weighted by Crippen LogP contribution is -2.48. The Morgan fingerprint density at radius 2 is 1.83 bits per heavy atom. The summed E-state index contributed by atoms with van der Waals surface area (Å²) < 4.78 is 60.7. The molecule has 0 saturated heterocycles. The quantitative estimate of drug-likeness (QED) is 0.635. The van der Waals surface area contributed by atoms with Crippen LogP contribution in [0.3, 0.4) is 0 Å². The number of nitrogens with one attached hydrogen (secondary N) is 2. The highest BCUT2D eigenvalue weighted by atomic mass is 32.2. The Morgan fingerprint density at radius 1 is 1.33 bits per heavy atom. The minimum absolute atomic E-state index is 0.0255. The maximum Gasteiger partial charge on any atom is 0.402 e. The average molecular weight is 292 g/mol. The van der Waals surface area contributed by atoms with Crippen LogP contribution in [0, 0.1) is 5.92 Å². The highest BCUT2D eigenvalue weighted by molar-refractivity contribution is 7.87. The van der Waals surface area contributed by atoms with Crippen LogP contribution < -0.4 is 9.44 Å². The molecule has 0 radical (unpaired) electrons. The van der Waals surface area contributed by atoms with Crippen LogP contribution in [0.4, 0.5) is 13.2 Å². The molecular weight excluding hydrogens is 277 g/mol. The molecule has 0 aliphatic heterocycles. The van der Waals surface area contributed by atoms with Gasteiger partial charge >= 0.3 is 12.1 Å². The van der Waals surface area contributed by atoms with Gasteiger partial charge in [-0.05, 0) is 12.3 Å². The van der Waals surface area contributed by atoms with E-state index >= 15 is 0 Å². The summed E-state index contributed by atoms with van der Waals surface area (Å²) in [5.74, 6) is -1.57. The summed E-state index contributed by atoms with van der Waals surface area (Å²) in [5, 5.41) is 8.74. The molecule has 0 amide bonds. The summed E-state index contributed by atoms with van der Waals surface area (Å²) in [5.41, 5.74) is 0. The van der Waals surface area contributed by atoms with Gasteiger partial charge in [-0.2, -0.15) is 31.0 Å². The first-order valence-electron chi connectivity index (χ1n) is 4.99. The molecule has 0 aliphatic rings. The van der Waals surface area contributed by atoms with Crippen LogP contribution >= 0.6 is 0 Å². The Kier molecular flexibility index (Phi) is 6.04. The maximum absolute atomic E-state index is 11.8. The normalized spacial score (nSPS) is 14.8. The first kappa shape index (κ1) is 17.1. The van der Waals surface area contributed by atoms with Gasteiger partial charge < -0.3 is 5.11 Å². The third-order valence-electron chi connectivity index (χ3n) is 1.77. The summed E-state index contributed by atoms with van der Waals surface area (Å²) in [6.07, 6.45) is -4.73. The molecule has 1 atom stereocenters. The topological polar surface area (TPSA) is 95.5 Å². The van der Waals surface area contributed by atoms with Crippen molar-refractivity contribution in [3.05, 3.63) is 0 Å². The molecule has 0 aromatic rings. The molecule has 6 nitrogen and oxygen atoms in total. The predicted molar refractivity (Wildman–Crippen MR) is 57.0 cm³/mol. The number of aliphatic carboxylic acids is 1. The highest BCUT2D eigenvalue weighted by Gasteiger charge is 2.31. The number of hydrogen-bond acceptors (Lipinski definition) is 3. The molecule has 0 aromatic heterocycles. The van der Waals surface area contributed by atoms with Gasteiger partial charge in [0, 0.05) is 0 Å². The van der Waals surface area contributed by atoms with Crippen molar-refractivity contribution in [2.45, 2.75) is 32.5 Å². The van der Waals surface area contributed by atoms with Gasteiger partial charge in [0.25, 0.3) is 10.2 Å². The van der Waals surface area contributed by atoms with Crippen molar-refractivity contribution >= 4 is 16.2 Å². The third kappa shape index (κ3) is 8.25. The van der Waals surface area contributed by atoms with Crippen molar-refractivity contribution in [2.75, 3.05) is 6.54 Å². The number of carbonyl (C=O) groups is 1. The van der Waals surface area contributed by atoms with E-state index in [9.17, 15) is 26.4 Å². The fourth-order valence-electron chi connectivity index (χ4n) is 1.08. The van der Waals surface area contributed by atoms with E-state index < -0.39 is 34.9 Å². The van der Waals surface area contributed by atoms with Crippen LogP contribution in [0.1, 0.15) is 20.3 Å². The van der Waals surface area contributed by atoms with Crippen molar-refractivity contribution in [1.29, 1.82) is 0 Å². The van der Waals surface area contributed by atoms with Crippen LogP contribution in [-0.2, 0) is 15.0 Å². The van der Waals surface area contributed by atoms with E-state index in [4.69, 9.17) is 5.11 Å². The number of carboxylic acids is 1. The second-order valence-electron chi connectivity index (χ2n) is 4.08. The van der Waals surface area contributed by atoms with Crippen LogP contribution in [0.15, 0.2) is 0 Å². The summed E-state index contributed by atoms with van der Waals surface area (Å²) in [6, 6.07) is -1.46. The Morgan fingerprint density at radius 3 is 2.17 bits per heavy atom. The van der Waals surface area contributed by atoms with Crippen LogP contribution in [0.2, 0.25) is 0 Å². The van der Waals surface area contributed by atoms with Gasteiger partial charge in [-0.1, -0.05) is 13.8 Å². The zero-order valence-electron chi connectivity index (χ0n) is 9.78. The molecule has 0 unspecified atom stereocenters. The minimum atomic E-state index is -4.70. The first-order chi connectivity index (χ1) is 7.93. The van der Waals surface area contributed by atoms with E-state index in [0.29, 0.717) is 0 Å². The number of hydrogen-bond donors (Lipinski definition) is 3. The molecule has 0 spiro atoms. The Bertz CT molecular complexity index is 380. The first-order valence-corrected chi connectivity index (χ1v) is 6.48. The number of carboxylic acid groups (broad SMARTS) is 1. The van der Waals surface area contributed by atoms with E-state index in [1.54, 1.807) is 18.6 Å². The summed E-state index contributed by atoms with van der Waals surface area (Å²) in [7, 11) is -4.51. The molecule has 0 rings (SSSR count). The Balaban J connectivity index is 4.57. The van der Waals surface area contributed by atoms with Gasteiger partial charge in [-0.25, -0.2) is 0 Å². The van der Waals surface area contributed by atoms with Crippen LogP contribution in [0.25, 0.3) is 0 Å². The molecule has 0 saturated carbocycles. The van der Waals surface area contributed by atoms with Gasteiger partial charge in [0.05, 0.1) is 0 Å². The summed E-state index contributed by atoms with van der Waals surface area (Å²) in [6.45, 7) is 1.57. The lowest BCUT2D eigenvalue weighted by atomic mass is 10.1. The van der Waals surface area contributed by atoms with Crippen molar-refractivity contribution in [3.63, 3.8) is 0 Å². The molecule has 10 heteroatoms. The Labute approximate surface area is 103 Å². The molecular formula is C8H15F3N2O4S. The van der Waals surface area contributed by atoms with E-state index in [0.717, 1.165) is 0 Å². The standard InChI is InChI=1S/C8H15F3N2O4S/c1-5(2)3-6(7(14)15)13-18(16,17)12-4-8(9,10)11/h5-6,12-13H,3-4H2,1-2H3,(H,14,15)/t6-/m0/s1. The van der Waals surface area contributed by atoms with Gasteiger partial charge in [-0.15, -0.1) is 0 Å². The number of halogens is 3. The van der Waals surface area contributed by atoms with Crippen LogP contribution in [-0.4, -0.2) is 38.3 Å². The monoisotopic (exact) mass is 292 g/mol. The third-order valence-corrected chi connectivity index (χ3v) is 2.88. The largest absolute Gasteiger partial charge is 0.480 e. The molecule has 0 heterocycles. The van der Waals surface area contributed by atoms with Crippen molar-refractivity contribution in [2.24, 2.45) is 5.92 Å². The lowest BCUT2D eigenvalue weighted by Gasteiger charge is -2.17. The van der Waals surface area contributed by atoms with Crippen molar-refractivity contribution < 1.29 is 31.5 Å². The van der Waals surface area contributed by atoms with Gasteiger partial charge in [0.1, 0.15) is 12.6 Å². The van der Waals surface area contributed by atoms with Gasteiger partial charge in [0.15, 0.2) is 0 Å². The van der Waals surface area contributed by atoms with E-state index in [1.807, 2.05) is 0 Å². The van der Waals surface area contributed by atoms with E-state index in [-0.39, 0.29) is 12.3 Å². The second kappa shape index (κ2) is 6.34. The second-order valence-corrected chi connectivity index (χ2v) is 5.61. The fourth-order valence-corrected chi connectivity index (χ4v) is 2.09. The molecule has 108 valence electrons. The Hall–Kier alpha value is -0.870. The van der Waals surface area contributed by atoms with Gasteiger partial charge in [0.2, 0.25) is 0 Å². The summed E-state index contributed by atoms with van der Waals surface area (Å²) in [4.78, 5) is 10.7. The fraction of sp³-hybridized carbons (Fsp3) is 0.875. The van der Waals surface area contributed by atoms with Crippen LogP contribution in [0.5, 0.6) is 0 Å². The van der Waals surface area contributed by atoms with E-state index in [1.165, 1.54) is 4.72 Å². The average Bonchev–Trinajstić information content (AvgIpc) is 2.11. The van der Waals surface area contributed by atoms with Crippen molar-refractivity contribution in [3.8, 4) is 0 Å². The zero-order chi connectivity index (χ0) is 14.6. The number of rotatable bonds is 7. The SMILES string of the molecule is CC(C)C[C@H](NS(=O)(=O)NCC(F)(F)F)C(=O)O. The highest BCUT2D eigenvalue weighted by Crippen LogP contribution is 2.13. The van der Waals surface area contributed by atoms with E-state index in [2.05, 4.69) is 0 Å². The number of alkyl halides is 3. The molecule has 0 bridgehead atoms.